The molecule has 3 nitrogen and oxygen atoms in total. The van der Waals surface area contributed by atoms with Gasteiger partial charge in [0.05, 0.1) is 0 Å². The zero-order valence-electron chi connectivity index (χ0n) is 15.1. The lowest BCUT2D eigenvalue weighted by molar-refractivity contribution is -0.133. The van der Waals surface area contributed by atoms with E-state index in [4.69, 9.17) is 9.16 Å². The van der Waals surface area contributed by atoms with Crippen LogP contribution in [0.4, 0.5) is 4.39 Å². The highest BCUT2D eigenvalue weighted by molar-refractivity contribution is 6.75. The number of carbonyl (C=O) groups excluding carboxylic acids is 1. The zero-order valence-corrected chi connectivity index (χ0v) is 16.1. The van der Waals surface area contributed by atoms with E-state index in [0.29, 0.717) is 5.76 Å². The van der Waals surface area contributed by atoms with Crippen LogP contribution in [0.15, 0.2) is 36.1 Å². The Kier molecular flexibility index (Phi) is 6.54. The maximum Gasteiger partial charge on any atom is 0.335 e. The highest BCUT2D eigenvalue weighted by Gasteiger charge is 2.47. The molecule has 0 N–H and O–H groups in total. The Bertz CT molecular complexity index is 519. The standard InChI is InChI=1S/C18H29FO3Si/c1-7-9-16(20)21-15-10-12-18(19,13-11-15)22-23(6,14-8-2)17(3,4)5/h7,9-12H,8,13-14H2,1-6H3/b9-7-. The molecule has 0 aromatic rings. The molecule has 0 radical (unpaired) electrons. The number of halogens is 1. The van der Waals surface area contributed by atoms with E-state index in [9.17, 15) is 4.79 Å². The van der Waals surface area contributed by atoms with E-state index in [-0.39, 0.29) is 11.5 Å². The summed E-state index contributed by atoms with van der Waals surface area (Å²) < 4.78 is 26.3. The molecule has 0 fully saturated rings. The van der Waals surface area contributed by atoms with Gasteiger partial charge in [0.25, 0.3) is 0 Å². The van der Waals surface area contributed by atoms with Crippen LogP contribution in [-0.2, 0) is 14.0 Å². The summed E-state index contributed by atoms with van der Waals surface area (Å²) in [7, 11) is -2.25. The number of rotatable bonds is 6. The van der Waals surface area contributed by atoms with Gasteiger partial charge in [0, 0.05) is 12.5 Å². The van der Waals surface area contributed by atoms with Crippen LogP contribution in [0.5, 0.6) is 0 Å². The fourth-order valence-electron chi connectivity index (χ4n) is 2.45. The van der Waals surface area contributed by atoms with Gasteiger partial charge >= 0.3 is 5.97 Å². The van der Waals surface area contributed by atoms with E-state index >= 15 is 4.39 Å². The van der Waals surface area contributed by atoms with Gasteiger partial charge in [-0.25, -0.2) is 9.18 Å². The summed E-state index contributed by atoms with van der Waals surface area (Å²) in [4.78, 5) is 11.4. The van der Waals surface area contributed by atoms with Crippen LogP contribution in [-0.4, -0.2) is 20.1 Å². The van der Waals surface area contributed by atoms with Crippen molar-refractivity contribution in [1.82, 2.24) is 0 Å². The normalized spacial score (nSPS) is 24.4. The number of allylic oxidation sites excluding steroid dienone is 2. The first-order valence-corrected chi connectivity index (χ1v) is 10.8. The van der Waals surface area contributed by atoms with Crippen LogP contribution in [0.3, 0.4) is 0 Å². The topological polar surface area (TPSA) is 35.5 Å². The third kappa shape index (κ3) is 5.43. The minimum atomic E-state index is -2.25. The summed E-state index contributed by atoms with van der Waals surface area (Å²) in [5, 5.41) is -0.0572. The Morgan fingerprint density at radius 3 is 2.57 bits per heavy atom. The molecule has 0 aromatic heterocycles. The van der Waals surface area contributed by atoms with E-state index in [1.54, 1.807) is 19.1 Å². The second kappa shape index (κ2) is 7.58. The van der Waals surface area contributed by atoms with Crippen LogP contribution in [0, 0.1) is 0 Å². The molecular formula is C18H29FO3Si. The van der Waals surface area contributed by atoms with Crippen LogP contribution in [0.1, 0.15) is 47.5 Å². The van der Waals surface area contributed by atoms with E-state index in [2.05, 4.69) is 34.2 Å². The summed E-state index contributed by atoms with van der Waals surface area (Å²) in [6.07, 6.45) is 8.39. The highest BCUT2D eigenvalue weighted by atomic mass is 28.4. The van der Waals surface area contributed by atoms with Gasteiger partial charge in [0.15, 0.2) is 8.32 Å². The lowest BCUT2D eigenvalue weighted by Gasteiger charge is -2.43. The Morgan fingerprint density at radius 2 is 2.13 bits per heavy atom. The maximum atomic E-state index is 15.1. The quantitative estimate of drug-likeness (QED) is 0.368. The van der Waals surface area contributed by atoms with Gasteiger partial charge < -0.3 is 9.16 Å². The number of hydrogen-bond acceptors (Lipinski definition) is 3. The van der Waals surface area contributed by atoms with E-state index in [1.165, 1.54) is 18.2 Å². The molecule has 130 valence electrons. The minimum absolute atomic E-state index is 0.0572. The molecule has 0 aromatic carbocycles. The Balaban J connectivity index is 2.82. The van der Waals surface area contributed by atoms with Crippen LogP contribution in [0.2, 0.25) is 17.6 Å². The average Bonchev–Trinajstić information content (AvgIpc) is 2.41. The summed E-state index contributed by atoms with van der Waals surface area (Å²) in [6.45, 7) is 12.3. The van der Waals surface area contributed by atoms with E-state index < -0.39 is 20.1 Å². The largest absolute Gasteiger partial charge is 0.424 e. The Labute approximate surface area is 140 Å². The predicted molar refractivity (Wildman–Crippen MR) is 94.1 cm³/mol. The van der Waals surface area contributed by atoms with Crippen molar-refractivity contribution < 1.29 is 18.3 Å². The number of carbonyl (C=O) groups is 1. The molecule has 23 heavy (non-hydrogen) atoms. The Morgan fingerprint density at radius 1 is 1.48 bits per heavy atom. The third-order valence-electron chi connectivity index (χ3n) is 4.31. The number of esters is 1. The molecule has 1 aliphatic carbocycles. The number of hydrogen-bond donors (Lipinski definition) is 0. The SMILES string of the molecule is C/C=C\C(=O)OC1=CCC(F)(O[Si](C)(CCC)C(C)(C)C)C=C1. The molecule has 0 heterocycles. The summed E-state index contributed by atoms with van der Waals surface area (Å²) in [6, 6.07) is 0.906. The molecule has 0 saturated carbocycles. The van der Waals surface area contributed by atoms with Crippen molar-refractivity contribution in [1.29, 1.82) is 0 Å². The lowest BCUT2D eigenvalue weighted by Crippen LogP contribution is -2.49. The third-order valence-corrected chi connectivity index (χ3v) is 9.72. The lowest BCUT2D eigenvalue weighted by atomic mass is 10.1. The molecule has 0 saturated heterocycles. The second-order valence-electron chi connectivity index (χ2n) is 7.18. The monoisotopic (exact) mass is 340 g/mol. The molecule has 2 atom stereocenters. The molecule has 5 heteroatoms. The van der Waals surface area contributed by atoms with E-state index in [0.717, 1.165) is 12.5 Å². The number of alkyl halides is 1. The first-order chi connectivity index (χ1) is 10.6. The van der Waals surface area contributed by atoms with Gasteiger partial charge in [-0.1, -0.05) is 40.2 Å². The molecule has 1 aliphatic rings. The van der Waals surface area contributed by atoms with Gasteiger partial charge in [0.2, 0.25) is 5.85 Å². The van der Waals surface area contributed by atoms with E-state index in [1.807, 2.05) is 0 Å². The molecule has 0 bridgehead atoms. The van der Waals surface area contributed by atoms with Gasteiger partial charge in [-0.05, 0) is 42.8 Å². The molecule has 0 amide bonds. The van der Waals surface area contributed by atoms with Crippen LogP contribution < -0.4 is 0 Å². The van der Waals surface area contributed by atoms with Crippen LogP contribution in [0.25, 0.3) is 0 Å². The highest BCUT2D eigenvalue weighted by Crippen LogP contribution is 2.44. The van der Waals surface area contributed by atoms with Gasteiger partial charge in [-0.15, -0.1) is 0 Å². The molecule has 1 rings (SSSR count). The average molecular weight is 341 g/mol. The molecular weight excluding hydrogens is 311 g/mol. The van der Waals surface area contributed by atoms with Crippen LogP contribution >= 0.6 is 0 Å². The first-order valence-electron chi connectivity index (χ1n) is 8.18. The van der Waals surface area contributed by atoms with Crippen molar-refractivity contribution in [3.8, 4) is 0 Å². The van der Waals surface area contributed by atoms with Crippen molar-refractivity contribution in [3.05, 3.63) is 36.1 Å². The first kappa shape index (κ1) is 19.8. The fraction of sp³-hybridized carbons (Fsp3) is 0.611. The second-order valence-corrected chi connectivity index (χ2v) is 11.9. The Hall–Kier alpha value is -1.20. The summed E-state index contributed by atoms with van der Waals surface area (Å²) >= 11 is 0. The van der Waals surface area contributed by atoms with Crippen molar-refractivity contribution in [2.75, 3.05) is 0 Å². The van der Waals surface area contributed by atoms with Gasteiger partial charge in [-0.2, -0.15) is 0 Å². The predicted octanol–water partition coefficient (Wildman–Crippen LogP) is 5.42. The van der Waals surface area contributed by atoms with Crippen molar-refractivity contribution in [2.24, 2.45) is 0 Å². The maximum absolute atomic E-state index is 15.1. The van der Waals surface area contributed by atoms with Gasteiger partial charge in [0.1, 0.15) is 5.76 Å². The fourth-order valence-corrected chi connectivity index (χ4v) is 5.46. The van der Waals surface area contributed by atoms with Crippen molar-refractivity contribution in [3.63, 3.8) is 0 Å². The molecule has 2 unspecified atom stereocenters. The summed E-state index contributed by atoms with van der Waals surface area (Å²) in [5.41, 5.74) is 0. The summed E-state index contributed by atoms with van der Waals surface area (Å²) in [5.74, 6) is -1.92. The van der Waals surface area contributed by atoms with Crippen molar-refractivity contribution >= 4 is 14.3 Å². The van der Waals surface area contributed by atoms with Crippen molar-refractivity contribution in [2.45, 2.75) is 70.9 Å². The minimum Gasteiger partial charge on any atom is -0.424 e. The smallest absolute Gasteiger partial charge is 0.335 e. The number of ether oxygens (including phenoxy) is 1. The zero-order chi connectivity index (χ0) is 17.7. The molecule has 0 aliphatic heterocycles. The molecule has 0 spiro atoms. The van der Waals surface area contributed by atoms with Gasteiger partial charge in [-0.3, -0.25) is 0 Å².